The number of rotatable bonds is 6. The van der Waals surface area contributed by atoms with E-state index in [1.54, 1.807) is 6.92 Å². The van der Waals surface area contributed by atoms with Crippen molar-refractivity contribution in [2.45, 2.75) is 32.1 Å². The first-order valence-corrected chi connectivity index (χ1v) is 12.9. The van der Waals surface area contributed by atoms with Gasteiger partial charge in [0.1, 0.15) is 11.6 Å². The number of hydrogen-bond acceptors (Lipinski definition) is 5. The highest BCUT2D eigenvalue weighted by Crippen LogP contribution is 2.30. The molecule has 202 valence electrons. The SMILES string of the molecule is Cc1c(C(=O)NNC(=O)c2ccccc2F)oc2c1/C(=N/NC(=O)C(c1ccccc1)c1ccccc1)CCC2. The molecule has 0 saturated carbocycles. The number of hydrazine groups is 1. The van der Waals surface area contributed by atoms with Crippen LogP contribution in [0.3, 0.4) is 0 Å². The number of nitrogens with zero attached hydrogens (tertiary/aromatic N) is 1. The molecule has 5 rings (SSSR count). The van der Waals surface area contributed by atoms with Crippen molar-refractivity contribution < 1.29 is 23.2 Å². The Hall–Kier alpha value is -5.05. The lowest BCUT2D eigenvalue weighted by Gasteiger charge is -2.18. The Bertz CT molecular complexity index is 1540. The summed E-state index contributed by atoms with van der Waals surface area (Å²) in [5.74, 6) is -2.45. The first kappa shape index (κ1) is 26.6. The van der Waals surface area contributed by atoms with Gasteiger partial charge in [-0.15, -0.1) is 0 Å². The van der Waals surface area contributed by atoms with Crippen molar-refractivity contribution >= 4 is 23.4 Å². The summed E-state index contributed by atoms with van der Waals surface area (Å²) in [6, 6.07) is 24.4. The summed E-state index contributed by atoms with van der Waals surface area (Å²) in [7, 11) is 0. The average molecular weight is 539 g/mol. The quantitative estimate of drug-likeness (QED) is 0.307. The first-order valence-electron chi connectivity index (χ1n) is 12.9. The van der Waals surface area contributed by atoms with E-state index in [4.69, 9.17) is 4.42 Å². The van der Waals surface area contributed by atoms with E-state index in [-0.39, 0.29) is 17.2 Å². The maximum absolute atomic E-state index is 13.9. The Morgan fingerprint density at radius 1 is 0.825 bits per heavy atom. The summed E-state index contributed by atoms with van der Waals surface area (Å²) in [5.41, 5.74) is 10.5. The molecule has 40 heavy (non-hydrogen) atoms. The Labute approximate surface area is 230 Å². The monoisotopic (exact) mass is 538 g/mol. The van der Waals surface area contributed by atoms with E-state index < -0.39 is 23.5 Å². The summed E-state index contributed by atoms with van der Waals surface area (Å²) in [5, 5.41) is 4.47. The first-order chi connectivity index (χ1) is 19.4. The van der Waals surface area contributed by atoms with Gasteiger partial charge in [0.05, 0.1) is 17.2 Å². The second-order valence-electron chi connectivity index (χ2n) is 9.38. The van der Waals surface area contributed by atoms with E-state index in [0.29, 0.717) is 35.4 Å². The van der Waals surface area contributed by atoms with Crippen LogP contribution >= 0.6 is 0 Å². The van der Waals surface area contributed by atoms with Crippen LogP contribution < -0.4 is 16.3 Å². The van der Waals surface area contributed by atoms with Gasteiger partial charge in [-0.1, -0.05) is 72.8 Å². The molecule has 0 radical (unpaired) electrons. The molecule has 8 nitrogen and oxygen atoms in total. The fraction of sp³-hybridized carbons (Fsp3) is 0.161. The molecule has 0 unspecified atom stereocenters. The van der Waals surface area contributed by atoms with Gasteiger partial charge >= 0.3 is 5.91 Å². The number of benzene rings is 3. The zero-order valence-corrected chi connectivity index (χ0v) is 21.7. The third kappa shape index (κ3) is 5.54. The minimum atomic E-state index is -0.795. The van der Waals surface area contributed by atoms with E-state index in [0.717, 1.165) is 23.6 Å². The lowest BCUT2D eigenvalue weighted by molar-refractivity contribution is -0.121. The fourth-order valence-electron chi connectivity index (χ4n) is 4.85. The van der Waals surface area contributed by atoms with Crippen LogP contribution in [0.2, 0.25) is 0 Å². The smallest absolute Gasteiger partial charge is 0.305 e. The molecule has 3 aromatic carbocycles. The maximum atomic E-state index is 13.9. The topological polar surface area (TPSA) is 113 Å². The predicted octanol–water partition coefficient (Wildman–Crippen LogP) is 4.79. The number of halogens is 1. The third-order valence-corrected chi connectivity index (χ3v) is 6.77. The number of hydrazone groups is 1. The second-order valence-corrected chi connectivity index (χ2v) is 9.38. The van der Waals surface area contributed by atoms with Crippen LogP contribution in [0.5, 0.6) is 0 Å². The van der Waals surface area contributed by atoms with Gasteiger partial charge in [-0.25, -0.2) is 9.82 Å². The van der Waals surface area contributed by atoms with Crippen molar-refractivity contribution in [3.63, 3.8) is 0 Å². The molecule has 1 aliphatic rings. The Morgan fingerprint density at radius 2 is 1.43 bits per heavy atom. The highest BCUT2D eigenvalue weighted by molar-refractivity contribution is 6.07. The van der Waals surface area contributed by atoms with Crippen LogP contribution in [0.4, 0.5) is 4.39 Å². The number of amides is 3. The zero-order valence-electron chi connectivity index (χ0n) is 21.7. The van der Waals surface area contributed by atoms with Gasteiger partial charge in [-0.3, -0.25) is 25.2 Å². The van der Waals surface area contributed by atoms with E-state index in [1.807, 2.05) is 60.7 Å². The largest absolute Gasteiger partial charge is 0.455 e. The number of hydrogen-bond donors (Lipinski definition) is 3. The number of fused-ring (bicyclic) bond motifs is 1. The molecule has 3 amide bonds. The lowest BCUT2D eigenvalue weighted by atomic mass is 9.90. The maximum Gasteiger partial charge on any atom is 0.305 e. The second kappa shape index (κ2) is 11.8. The number of aryl methyl sites for hydroxylation is 1. The minimum absolute atomic E-state index is 0.00575. The summed E-state index contributed by atoms with van der Waals surface area (Å²) >= 11 is 0. The molecule has 0 spiro atoms. The van der Waals surface area contributed by atoms with Gasteiger partial charge in [0, 0.05) is 17.5 Å². The molecular weight excluding hydrogens is 511 g/mol. The summed E-state index contributed by atoms with van der Waals surface area (Å²) in [4.78, 5) is 38.6. The Kier molecular flexibility index (Phi) is 7.82. The number of carbonyl (C=O) groups excluding carboxylic acids is 3. The van der Waals surface area contributed by atoms with Gasteiger partial charge in [-0.05, 0) is 43.0 Å². The van der Waals surface area contributed by atoms with Crippen molar-refractivity contribution in [2.75, 3.05) is 0 Å². The normalized spacial score (nSPS) is 13.5. The van der Waals surface area contributed by atoms with Crippen LogP contribution in [0.15, 0.2) is 94.4 Å². The number of nitrogens with one attached hydrogen (secondary N) is 3. The molecule has 0 atom stereocenters. The van der Waals surface area contributed by atoms with Crippen LogP contribution in [0, 0.1) is 12.7 Å². The van der Waals surface area contributed by atoms with Gasteiger partial charge in [0.15, 0.2) is 5.76 Å². The molecule has 3 N–H and O–H groups in total. The summed E-state index contributed by atoms with van der Waals surface area (Å²) < 4.78 is 19.7. The van der Waals surface area contributed by atoms with Crippen molar-refractivity contribution in [3.05, 3.63) is 130 Å². The van der Waals surface area contributed by atoms with Crippen molar-refractivity contribution in [1.29, 1.82) is 0 Å². The molecular formula is C31H27FN4O4. The van der Waals surface area contributed by atoms with Crippen LogP contribution in [-0.2, 0) is 11.2 Å². The van der Waals surface area contributed by atoms with Gasteiger partial charge in [0.2, 0.25) is 0 Å². The third-order valence-electron chi connectivity index (χ3n) is 6.77. The average Bonchev–Trinajstić information content (AvgIpc) is 3.33. The fourth-order valence-corrected chi connectivity index (χ4v) is 4.85. The molecule has 0 aliphatic heterocycles. The lowest BCUT2D eigenvalue weighted by Crippen LogP contribution is -2.42. The van der Waals surface area contributed by atoms with Gasteiger partial charge < -0.3 is 4.42 Å². The number of furan rings is 1. The molecule has 0 bridgehead atoms. The van der Waals surface area contributed by atoms with E-state index in [2.05, 4.69) is 21.4 Å². The van der Waals surface area contributed by atoms with E-state index in [9.17, 15) is 18.8 Å². The highest BCUT2D eigenvalue weighted by Gasteiger charge is 2.29. The molecule has 0 fully saturated rings. The molecule has 9 heteroatoms. The zero-order chi connectivity index (χ0) is 28.1. The summed E-state index contributed by atoms with van der Waals surface area (Å²) in [6.45, 7) is 1.72. The van der Waals surface area contributed by atoms with Crippen LogP contribution in [0.25, 0.3) is 0 Å². The van der Waals surface area contributed by atoms with Crippen molar-refractivity contribution in [2.24, 2.45) is 5.10 Å². The molecule has 1 aromatic heterocycles. The molecule has 1 aliphatic carbocycles. The molecule has 4 aromatic rings. The predicted molar refractivity (Wildman–Crippen MR) is 147 cm³/mol. The van der Waals surface area contributed by atoms with Crippen molar-refractivity contribution in [3.8, 4) is 0 Å². The highest BCUT2D eigenvalue weighted by atomic mass is 19.1. The standard InChI is InChI=1S/C31H27FN4O4/c1-19-26-24(33-35-30(38)27(20-11-4-2-5-12-20)21-13-6-3-7-14-21)17-10-18-25(26)40-28(19)31(39)36-34-29(37)22-15-8-9-16-23(22)32/h2-9,11-16,27H,10,17-18H2,1H3,(H,34,37)(H,35,38)(H,36,39)/b33-24+. The van der Waals surface area contributed by atoms with Crippen molar-refractivity contribution in [1.82, 2.24) is 16.3 Å². The van der Waals surface area contributed by atoms with Crippen LogP contribution in [0.1, 0.15) is 67.7 Å². The summed E-state index contributed by atoms with van der Waals surface area (Å²) in [6.07, 6.45) is 1.90. The number of carbonyl (C=O) groups is 3. The van der Waals surface area contributed by atoms with E-state index in [1.165, 1.54) is 18.2 Å². The van der Waals surface area contributed by atoms with Gasteiger partial charge in [0.25, 0.3) is 11.8 Å². The van der Waals surface area contributed by atoms with Crippen LogP contribution in [-0.4, -0.2) is 23.4 Å². The Balaban J connectivity index is 1.34. The van der Waals surface area contributed by atoms with Gasteiger partial charge in [-0.2, -0.15) is 5.10 Å². The molecule has 0 saturated heterocycles. The Morgan fingerprint density at radius 3 is 2.08 bits per heavy atom. The minimum Gasteiger partial charge on any atom is -0.455 e. The van der Waals surface area contributed by atoms with E-state index >= 15 is 0 Å². The molecule has 1 heterocycles.